The van der Waals surface area contributed by atoms with Crippen molar-refractivity contribution in [3.05, 3.63) is 84.1 Å². The molecular weight excluding hydrogens is 504 g/mol. The fraction of sp³-hybridized carbons (Fsp3) is 0.357. The minimum atomic E-state index is -3.89. The van der Waals surface area contributed by atoms with Crippen molar-refractivity contribution in [2.45, 2.75) is 56.6 Å². The zero-order valence-corrected chi connectivity index (χ0v) is 22.7. The second kappa shape index (κ2) is 11.3. The number of nitrogens with one attached hydrogen (secondary N) is 1. The molecule has 0 bridgehead atoms. The van der Waals surface area contributed by atoms with E-state index in [0.717, 1.165) is 18.4 Å². The number of aliphatic hydroxyl groups excluding tert-OH is 1. The predicted molar refractivity (Wildman–Crippen MR) is 146 cm³/mol. The first kappa shape index (κ1) is 27.3. The van der Waals surface area contributed by atoms with Crippen LogP contribution in [0.15, 0.2) is 83.6 Å². The fourth-order valence-electron chi connectivity index (χ4n) is 4.87. The predicted octanol–water partition coefficient (Wildman–Crippen LogP) is 4.94. The van der Waals surface area contributed by atoms with E-state index in [9.17, 15) is 18.3 Å². The number of anilines is 2. The summed E-state index contributed by atoms with van der Waals surface area (Å²) in [5.74, 6) is -0.610. The second-order valence-electron chi connectivity index (χ2n) is 9.56. The smallest absolute Gasteiger partial charge is 0.359 e. The van der Waals surface area contributed by atoms with Gasteiger partial charge in [0.05, 0.1) is 12.0 Å². The maximum absolute atomic E-state index is 13.4. The zero-order valence-electron chi connectivity index (χ0n) is 21.9. The molecule has 0 amide bonds. The molecular formula is C28H34N4O5S. The Bertz CT molecular complexity index is 1420. The Labute approximate surface area is 223 Å². The maximum atomic E-state index is 13.4. The highest BCUT2D eigenvalue weighted by atomic mass is 32.2. The van der Waals surface area contributed by atoms with Crippen molar-refractivity contribution in [1.82, 2.24) is 9.55 Å². The van der Waals surface area contributed by atoms with Crippen molar-refractivity contribution in [3.63, 3.8) is 0 Å². The summed E-state index contributed by atoms with van der Waals surface area (Å²) in [7, 11) is -2.21. The number of aromatic nitrogens is 2. The molecule has 202 valence electrons. The molecule has 1 atom stereocenters. The monoisotopic (exact) mass is 538 g/mol. The first-order chi connectivity index (χ1) is 18.2. The van der Waals surface area contributed by atoms with Crippen LogP contribution >= 0.6 is 0 Å². The van der Waals surface area contributed by atoms with Crippen LogP contribution in [-0.2, 0) is 33.0 Å². The first-order valence-electron chi connectivity index (χ1n) is 12.7. The number of cyclic esters (lactones) is 1. The Morgan fingerprint density at radius 2 is 1.89 bits per heavy atom. The van der Waals surface area contributed by atoms with E-state index in [1.54, 1.807) is 40.8 Å². The van der Waals surface area contributed by atoms with Crippen LogP contribution in [0.1, 0.15) is 45.1 Å². The number of nitrogens with zero attached hydrogens (tertiary/aromatic N) is 3. The summed E-state index contributed by atoms with van der Waals surface area (Å²) in [6.07, 6.45) is 5.81. The van der Waals surface area contributed by atoms with Gasteiger partial charge in [-0.05, 0) is 49.9 Å². The van der Waals surface area contributed by atoms with Gasteiger partial charge in [-0.1, -0.05) is 49.7 Å². The molecule has 10 heteroatoms. The van der Waals surface area contributed by atoms with Gasteiger partial charge >= 0.3 is 5.97 Å². The molecule has 9 nitrogen and oxygen atoms in total. The van der Waals surface area contributed by atoms with Crippen molar-refractivity contribution >= 4 is 27.4 Å². The summed E-state index contributed by atoms with van der Waals surface area (Å²) in [6.45, 7) is 4.24. The molecule has 0 radical (unpaired) electrons. The third-order valence-corrected chi connectivity index (χ3v) is 7.90. The standard InChI is InChI=1S/C28H34N4O5S/c1-4-15-28(16-14-21-10-7-6-8-11-21)18-24(33)26(27(34)37-28)32(5-2)23-13-9-12-22(17-23)30-38(35,36)25-19-31(3)20-29-25/h6-13,17,19-20,30,33H,4-5,14-16,18H2,1-3H3. The highest BCUT2D eigenvalue weighted by molar-refractivity contribution is 7.92. The van der Waals surface area contributed by atoms with Gasteiger partial charge in [0.1, 0.15) is 11.4 Å². The molecule has 0 saturated carbocycles. The number of ether oxygens (including phenoxy) is 1. The van der Waals surface area contributed by atoms with Crippen LogP contribution in [0.2, 0.25) is 0 Å². The van der Waals surface area contributed by atoms with Crippen LogP contribution in [0.3, 0.4) is 0 Å². The lowest BCUT2D eigenvalue weighted by atomic mass is 9.84. The molecule has 2 aromatic carbocycles. The van der Waals surface area contributed by atoms with Gasteiger partial charge in [0.15, 0.2) is 10.7 Å². The van der Waals surface area contributed by atoms with Crippen LogP contribution in [0, 0.1) is 0 Å². The molecule has 2 N–H and O–H groups in total. The summed E-state index contributed by atoms with van der Waals surface area (Å²) in [5.41, 5.74) is 1.28. The lowest BCUT2D eigenvalue weighted by Gasteiger charge is -2.39. The average Bonchev–Trinajstić information content (AvgIpc) is 3.33. The molecule has 1 aliphatic heterocycles. The van der Waals surface area contributed by atoms with Crippen LogP contribution in [-0.4, -0.2) is 41.2 Å². The summed E-state index contributed by atoms with van der Waals surface area (Å²) in [5, 5.41) is 11.1. The molecule has 2 heterocycles. The fourth-order valence-corrected chi connectivity index (χ4v) is 5.90. The maximum Gasteiger partial charge on any atom is 0.359 e. The summed E-state index contributed by atoms with van der Waals surface area (Å²) < 4.78 is 35.6. The minimum Gasteiger partial charge on any atom is -0.510 e. The van der Waals surface area contributed by atoms with E-state index >= 15 is 0 Å². The third-order valence-electron chi connectivity index (χ3n) is 6.64. The Morgan fingerprint density at radius 3 is 2.53 bits per heavy atom. The Kier molecular flexibility index (Phi) is 8.11. The minimum absolute atomic E-state index is 0.0240. The SMILES string of the molecule is CCCC1(CCc2ccccc2)CC(O)=C(N(CC)c2cccc(NS(=O)(=O)c3cn(C)cn3)c2)C(=O)O1. The second-order valence-corrected chi connectivity index (χ2v) is 11.2. The Balaban J connectivity index is 1.58. The van der Waals surface area contributed by atoms with Gasteiger partial charge in [-0.3, -0.25) is 4.72 Å². The lowest BCUT2D eigenvalue weighted by molar-refractivity contribution is -0.160. The Morgan fingerprint density at radius 1 is 1.13 bits per heavy atom. The van der Waals surface area contributed by atoms with E-state index in [4.69, 9.17) is 4.74 Å². The molecule has 0 fully saturated rings. The van der Waals surface area contributed by atoms with E-state index in [1.807, 2.05) is 44.2 Å². The van der Waals surface area contributed by atoms with Crippen molar-refractivity contribution < 1.29 is 23.1 Å². The van der Waals surface area contributed by atoms with Gasteiger partial charge in [-0.25, -0.2) is 9.78 Å². The number of esters is 1. The summed E-state index contributed by atoms with van der Waals surface area (Å²) in [4.78, 5) is 18.9. The van der Waals surface area contributed by atoms with Crippen LogP contribution in [0.25, 0.3) is 0 Å². The normalized spacial score (nSPS) is 17.8. The molecule has 3 aromatic rings. The molecule has 1 aromatic heterocycles. The largest absolute Gasteiger partial charge is 0.510 e. The van der Waals surface area contributed by atoms with Gasteiger partial charge in [0.2, 0.25) is 0 Å². The highest BCUT2D eigenvalue weighted by Crippen LogP contribution is 2.39. The van der Waals surface area contributed by atoms with E-state index < -0.39 is 21.6 Å². The van der Waals surface area contributed by atoms with Crippen LogP contribution < -0.4 is 9.62 Å². The van der Waals surface area contributed by atoms with Crippen molar-refractivity contribution in [2.24, 2.45) is 7.05 Å². The number of rotatable bonds is 11. The first-order valence-corrected chi connectivity index (χ1v) is 14.2. The van der Waals surface area contributed by atoms with E-state index in [-0.39, 0.29) is 22.9 Å². The topological polar surface area (TPSA) is 114 Å². The number of aliphatic hydroxyl groups is 1. The third kappa shape index (κ3) is 6.02. The molecule has 4 rings (SSSR count). The molecule has 0 aliphatic carbocycles. The van der Waals surface area contributed by atoms with Crippen molar-refractivity contribution in [2.75, 3.05) is 16.2 Å². The zero-order chi connectivity index (χ0) is 27.3. The number of hydrogen-bond donors (Lipinski definition) is 2. The molecule has 1 aliphatic rings. The van der Waals surface area contributed by atoms with E-state index in [0.29, 0.717) is 30.8 Å². The number of sulfonamides is 1. The number of imidazole rings is 1. The highest BCUT2D eigenvalue weighted by Gasteiger charge is 2.42. The molecule has 0 spiro atoms. The van der Waals surface area contributed by atoms with Gasteiger partial charge in [0.25, 0.3) is 10.0 Å². The summed E-state index contributed by atoms with van der Waals surface area (Å²) in [6, 6.07) is 16.7. The Hall–Kier alpha value is -3.79. The van der Waals surface area contributed by atoms with Crippen LogP contribution in [0.4, 0.5) is 11.4 Å². The number of benzene rings is 2. The van der Waals surface area contributed by atoms with E-state index in [1.165, 1.54) is 12.5 Å². The van der Waals surface area contributed by atoms with Gasteiger partial charge in [-0.2, -0.15) is 8.42 Å². The van der Waals surface area contributed by atoms with Crippen LogP contribution in [0.5, 0.6) is 0 Å². The molecule has 1 unspecified atom stereocenters. The number of carbonyl (C=O) groups is 1. The van der Waals surface area contributed by atoms with Crippen molar-refractivity contribution in [1.29, 1.82) is 0 Å². The molecule has 38 heavy (non-hydrogen) atoms. The number of aryl methyl sites for hydroxylation is 2. The van der Waals surface area contributed by atoms with Gasteiger partial charge in [-0.15, -0.1) is 0 Å². The number of hydrogen-bond acceptors (Lipinski definition) is 7. The van der Waals surface area contributed by atoms with Crippen molar-refractivity contribution in [3.8, 4) is 0 Å². The van der Waals surface area contributed by atoms with E-state index in [2.05, 4.69) is 9.71 Å². The average molecular weight is 539 g/mol. The van der Waals surface area contributed by atoms with Gasteiger partial charge < -0.3 is 19.3 Å². The lowest BCUT2D eigenvalue weighted by Crippen LogP contribution is -2.44. The number of carbonyl (C=O) groups excluding carboxylic acids is 1. The molecule has 0 saturated heterocycles. The number of likely N-dealkylation sites (N-methyl/N-ethyl adjacent to an activating group) is 1. The summed E-state index contributed by atoms with van der Waals surface area (Å²) >= 11 is 0. The van der Waals surface area contributed by atoms with Gasteiger partial charge in [0, 0.05) is 31.9 Å². The quantitative estimate of drug-likeness (QED) is 0.333.